The summed E-state index contributed by atoms with van der Waals surface area (Å²) in [4.78, 5) is 12.2. The summed E-state index contributed by atoms with van der Waals surface area (Å²) in [5.74, 6) is -2.66. The maximum atomic E-state index is 13.2. The van der Waals surface area contributed by atoms with Gasteiger partial charge in [0.15, 0.2) is 11.6 Å². The monoisotopic (exact) mass is 360 g/mol. The number of carbonyl (C=O) groups excluding carboxylic acids is 1. The van der Waals surface area contributed by atoms with Crippen molar-refractivity contribution in [2.75, 3.05) is 18.1 Å². The van der Waals surface area contributed by atoms with Crippen LogP contribution in [-0.4, -0.2) is 37.5 Å². The fourth-order valence-corrected chi connectivity index (χ4v) is 4.08. The Balaban J connectivity index is 2.07. The second kappa shape index (κ2) is 8.02. The number of anilines is 1. The third-order valence-corrected chi connectivity index (χ3v) is 5.44. The molecule has 0 atom stereocenters. The fraction of sp³-hybridized carbons (Fsp3) is 0.562. The molecule has 0 heterocycles. The maximum absolute atomic E-state index is 13.2. The van der Waals surface area contributed by atoms with E-state index in [2.05, 4.69) is 5.32 Å². The van der Waals surface area contributed by atoms with Gasteiger partial charge in [-0.15, -0.1) is 0 Å². The summed E-state index contributed by atoms with van der Waals surface area (Å²) >= 11 is 0. The van der Waals surface area contributed by atoms with Crippen LogP contribution in [0.5, 0.6) is 0 Å². The SMILES string of the molecule is CS(=O)(=O)N(CC(=O)Nc1ccc(F)c(F)c1)C1CCCCCC1. The van der Waals surface area contributed by atoms with Crippen LogP contribution < -0.4 is 5.32 Å². The van der Waals surface area contributed by atoms with Gasteiger partial charge in [-0.1, -0.05) is 25.7 Å². The van der Waals surface area contributed by atoms with E-state index in [0.717, 1.165) is 56.9 Å². The number of nitrogens with one attached hydrogen (secondary N) is 1. The first-order chi connectivity index (χ1) is 11.3. The molecule has 1 amide bonds. The van der Waals surface area contributed by atoms with Crippen LogP contribution >= 0.6 is 0 Å². The molecule has 0 saturated heterocycles. The number of sulfonamides is 1. The van der Waals surface area contributed by atoms with Crippen molar-refractivity contribution in [3.63, 3.8) is 0 Å². The fourth-order valence-electron chi connectivity index (χ4n) is 2.98. The average Bonchev–Trinajstić information content (AvgIpc) is 2.76. The lowest BCUT2D eigenvalue weighted by Crippen LogP contribution is -2.44. The van der Waals surface area contributed by atoms with Crippen molar-refractivity contribution in [1.29, 1.82) is 0 Å². The molecule has 5 nitrogen and oxygen atoms in total. The van der Waals surface area contributed by atoms with E-state index in [4.69, 9.17) is 0 Å². The third-order valence-electron chi connectivity index (χ3n) is 4.16. The van der Waals surface area contributed by atoms with Crippen LogP contribution in [0.3, 0.4) is 0 Å². The molecular weight excluding hydrogens is 338 g/mol. The van der Waals surface area contributed by atoms with Crippen molar-refractivity contribution in [3.8, 4) is 0 Å². The van der Waals surface area contributed by atoms with Crippen LogP contribution in [0, 0.1) is 11.6 Å². The van der Waals surface area contributed by atoms with Crippen molar-refractivity contribution in [3.05, 3.63) is 29.8 Å². The van der Waals surface area contributed by atoms with Gasteiger partial charge < -0.3 is 5.32 Å². The van der Waals surface area contributed by atoms with Crippen LogP contribution in [0.2, 0.25) is 0 Å². The first-order valence-electron chi connectivity index (χ1n) is 7.99. The Morgan fingerprint density at radius 1 is 1.17 bits per heavy atom. The van der Waals surface area contributed by atoms with Crippen LogP contribution in [0.4, 0.5) is 14.5 Å². The lowest BCUT2D eigenvalue weighted by Gasteiger charge is -2.28. The quantitative estimate of drug-likeness (QED) is 0.821. The highest BCUT2D eigenvalue weighted by atomic mass is 32.2. The molecule has 0 aliphatic heterocycles. The molecular formula is C16H22F2N2O3S. The molecule has 24 heavy (non-hydrogen) atoms. The number of nitrogens with zero attached hydrogens (tertiary/aromatic N) is 1. The van der Waals surface area contributed by atoms with Crippen LogP contribution in [0.15, 0.2) is 18.2 Å². The summed E-state index contributed by atoms with van der Waals surface area (Å²) < 4.78 is 51.4. The minimum absolute atomic E-state index is 0.0909. The van der Waals surface area contributed by atoms with Crippen molar-refractivity contribution in [2.45, 2.75) is 44.6 Å². The van der Waals surface area contributed by atoms with Crippen molar-refractivity contribution >= 4 is 21.6 Å². The van der Waals surface area contributed by atoms with E-state index in [1.165, 1.54) is 10.4 Å². The minimum atomic E-state index is -3.54. The lowest BCUT2D eigenvalue weighted by molar-refractivity contribution is -0.116. The van der Waals surface area contributed by atoms with E-state index in [-0.39, 0.29) is 18.3 Å². The zero-order valence-electron chi connectivity index (χ0n) is 13.6. The number of halogens is 2. The predicted octanol–water partition coefficient (Wildman–Crippen LogP) is 2.89. The summed E-state index contributed by atoms with van der Waals surface area (Å²) in [5, 5.41) is 2.42. The van der Waals surface area contributed by atoms with E-state index < -0.39 is 27.6 Å². The van der Waals surface area contributed by atoms with Gasteiger partial charge in [-0.05, 0) is 25.0 Å². The lowest BCUT2D eigenvalue weighted by atomic mass is 10.1. The van der Waals surface area contributed by atoms with E-state index in [0.29, 0.717) is 0 Å². The topological polar surface area (TPSA) is 66.5 Å². The van der Waals surface area contributed by atoms with Gasteiger partial charge in [-0.3, -0.25) is 4.79 Å². The van der Waals surface area contributed by atoms with Gasteiger partial charge in [0, 0.05) is 17.8 Å². The average molecular weight is 360 g/mol. The summed E-state index contributed by atoms with van der Waals surface area (Å²) in [6.07, 6.45) is 6.53. The molecule has 1 aromatic carbocycles. The summed E-state index contributed by atoms with van der Waals surface area (Å²) in [6, 6.07) is 2.80. The highest BCUT2D eigenvalue weighted by Crippen LogP contribution is 2.23. The molecule has 0 bridgehead atoms. The Morgan fingerprint density at radius 2 is 1.79 bits per heavy atom. The largest absolute Gasteiger partial charge is 0.325 e. The van der Waals surface area contributed by atoms with Gasteiger partial charge in [0.2, 0.25) is 15.9 Å². The van der Waals surface area contributed by atoms with Crippen molar-refractivity contribution in [2.24, 2.45) is 0 Å². The molecule has 1 N–H and O–H groups in total. The Labute approximate surface area is 141 Å². The second-order valence-electron chi connectivity index (χ2n) is 6.13. The van der Waals surface area contributed by atoms with Crippen LogP contribution in [0.1, 0.15) is 38.5 Å². The zero-order valence-corrected chi connectivity index (χ0v) is 14.4. The normalized spacial score (nSPS) is 16.8. The number of benzene rings is 1. The van der Waals surface area contributed by atoms with Crippen molar-refractivity contribution in [1.82, 2.24) is 4.31 Å². The van der Waals surface area contributed by atoms with Gasteiger partial charge in [0.1, 0.15) is 0 Å². The summed E-state index contributed by atoms with van der Waals surface area (Å²) in [6.45, 7) is -0.331. The van der Waals surface area contributed by atoms with E-state index in [9.17, 15) is 22.0 Å². The molecule has 1 saturated carbocycles. The molecule has 134 valence electrons. The maximum Gasteiger partial charge on any atom is 0.239 e. The van der Waals surface area contributed by atoms with Gasteiger partial charge in [-0.2, -0.15) is 4.31 Å². The molecule has 0 aromatic heterocycles. The Kier molecular flexibility index (Phi) is 6.28. The third kappa shape index (κ3) is 5.24. The molecule has 0 radical (unpaired) electrons. The molecule has 2 rings (SSSR count). The predicted molar refractivity (Wildman–Crippen MR) is 88.0 cm³/mol. The molecule has 0 unspecified atom stereocenters. The molecule has 1 aromatic rings. The Morgan fingerprint density at radius 3 is 2.33 bits per heavy atom. The number of hydrogen-bond acceptors (Lipinski definition) is 3. The van der Waals surface area contributed by atoms with Crippen LogP contribution in [0.25, 0.3) is 0 Å². The smallest absolute Gasteiger partial charge is 0.239 e. The minimum Gasteiger partial charge on any atom is -0.325 e. The Hall–Kier alpha value is -1.54. The summed E-state index contributed by atoms with van der Waals surface area (Å²) in [7, 11) is -3.54. The highest BCUT2D eigenvalue weighted by Gasteiger charge is 2.29. The zero-order chi connectivity index (χ0) is 17.7. The Bertz CT molecular complexity index is 687. The van der Waals surface area contributed by atoms with Gasteiger partial charge in [-0.25, -0.2) is 17.2 Å². The van der Waals surface area contributed by atoms with Gasteiger partial charge in [0.25, 0.3) is 0 Å². The number of carbonyl (C=O) groups is 1. The molecule has 1 fully saturated rings. The van der Waals surface area contributed by atoms with E-state index in [1.54, 1.807) is 0 Å². The standard InChI is InChI=1S/C16H22F2N2O3S/c1-24(22,23)20(13-6-4-2-3-5-7-13)11-16(21)19-12-8-9-14(17)15(18)10-12/h8-10,13H,2-7,11H2,1H3,(H,19,21). The molecule has 8 heteroatoms. The summed E-state index contributed by atoms with van der Waals surface area (Å²) in [5.41, 5.74) is 0.0909. The van der Waals surface area contributed by atoms with Gasteiger partial charge >= 0.3 is 0 Å². The molecule has 1 aliphatic carbocycles. The molecule has 1 aliphatic rings. The van der Waals surface area contributed by atoms with E-state index in [1.807, 2.05) is 0 Å². The number of rotatable bonds is 5. The molecule has 0 spiro atoms. The highest BCUT2D eigenvalue weighted by molar-refractivity contribution is 7.88. The first kappa shape index (κ1) is 18.8. The van der Waals surface area contributed by atoms with Crippen molar-refractivity contribution < 1.29 is 22.0 Å². The van der Waals surface area contributed by atoms with Gasteiger partial charge in [0.05, 0.1) is 12.8 Å². The number of hydrogen-bond donors (Lipinski definition) is 1. The first-order valence-corrected chi connectivity index (χ1v) is 9.84. The number of amides is 1. The second-order valence-corrected chi connectivity index (χ2v) is 8.07. The van der Waals surface area contributed by atoms with Crippen LogP contribution in [-0.2, 0) is 14.8 Å². The van der Waals surface area contributed by atoms with E-state index >= 15 is 0 Å².